The molecule has 2 aromatic rings. The second-order valence-electron chi connectivity index (χ2n) is 6.20. The molecule has 24 heavy (non-hydrogen) atoms. The van der Waals surface area contributed by atoms with Crippen LogP contribution in [-0.4, -0.2) is 13.2 Å². The first-order valence-corrected chi connectivity index (χ1v) is 7.99. The quantitative estimate of drug-likeness (QED) is 0.805. The Balaban J connectivity index is 1.55. The van der Waals surface area contributed by atoms with Crippen molar-refractivity contribution in [2.24, 2.45) is 5.41 Å². The predicted octanol–water partition coefficient (Wildman–Crippen LogP) is 4.06. The summed E-state index contributed by atoms with van der Waals surface area (Å²) >= 11 is 0. The minimum atomic E-state index is 0.0435. The Bertz CT molecular complexity index is 700. The van der Waals surface area contributed by atoms with Crippen LogP contribution in [0.4, 0.5) is 0 Å². The highest BCUT2D eigenvalue weighted by atomic mass is 16.5. The van der Waals surface area contributed by atoms with Crippen molar-refractivity contribution in [3.8, 4) is 23.6 Å². The molecule has 0 N–H and O–H groups in total. The van der Waals surface area contributed by atoms with Crippen LogP contribution in [0.2, 0.25) is 0 Å². The van der Waals surface area contributed by atoms with E-state index >= 15 is 0 Å². The van der Waals surface area contributed by atoms with Crippen molar-refractivity contribution >= 4 is 0 Å². The van der Waals surface area contributed by atoms with E-state index in [1.807, 2.05) is 24.3 Å². The zero-order valence-corrected chi connectivity index (χ0v) is 13.4. The van der Waals surface area contributed by atoms with Crippen molar-refractivity contribution in [3.05, 3.63) is 59.7 Å². The lowest BCUT2D eigenvalue weighted by molar-refractivity contribution is 0.00975. The van der Waals surface area contributed by atoms with Gasteiger partial charge >= 0.3 is 0 Å². The maximum absolute atomic E-state index is 8.82. The predicted molar refractivity (Wildman–Crippen MR) is 89.6 cm³/mol. The molecule has 0 heterocycles. The smallest absolute Gasteiger partial charge is 0.119 e. The van der Waals surface area contributed by atoms with Crippen molar-refractivity contribution in [3.63, 3.8) is 0 Å². The van der Waals surface area contributed by atoms with E-state index in [9.17, 15) is 0 Å². The third-order valence-corrected chi connectivity index (χ3v) is 4.47. The van der Waals surface area contributed by atoms with Crippen LogP contribution in [0.25, 0.3) is 0 Å². The average molecular weight is 318 g/mol. The Hall–Kier alpha value is -2.98. The lowest BCUT2D eigenvalue weighted by Crippen LogP contribution is -2.41. The molecule has 4 nitrogen and oxygen atoms in total. The molecule has 1 saturated carbocycles. The Morgan fingerprint density at radius 1 is 0.750 bits per heavy atom. The van der Waals surface area contributed by atoms with E-state index < -0.39 is 0 Å². The SMILES string of the molecule is N#Cc1ccc(OCC2(COc3ccc(C#N)cc3)CCC2)cc1. The van der Waals surface area contributed by atoms with Crippen LogP contribution in [0, 0.1) is 28.1 Å². The molecule has 3 rings (SSSR count). The van der Waals surface area contributed by atoms with E-state index in [4.69, 9.17) is 20.0 Å². The summed E-state index contributed by atoms with van der Waals surface area (Å²) in [5.41, 5.74) is 1.30. The van der Waals surface area contributed by atoms with Crippen molar-refractivity contribution in [2.75, 3.05) is 13.2 Å². The zero-order chi connectivity index (χ0) is 16.8. The fourth-order valence-electron chi connectivity index (χ4n) is 2.73. The van der Waals surface area contributed by atoms with Gasteiger partial charge in [0.2, 0.25) is 0 Å². The van der Waals surface area contributed by atoms with Gasteiger partial charge in [0.1, 0.15) is 11.5 Å². The first-order valence-electron chi connectivity index (χ1n) is 7.99. The zero-order valence-electron chi connectivity index (χ0n) is 13.4. The second kappa shape index (κ2) is 7.06. The molecule has 0 radical (unpaired) electrons. The van der Waals surface area contributed by atoms with Crippen LogP contribution in [0.3, 0.4) is 0 Å². The molecule has 0 bridgehead atoms. The van der Waals surface area contributed by atoms with Gasteiger partial charge in [-0.25, -0.2) is 0 Å². The molecule has 1 aliphatic carbocycles. The molecule has 0 unspecified atom stereocenters. The summed E-state index contributed by atoms with van der Waals surface area (Å²) < 4.78 is 11.8. The van der Waals surface area contributed by atoms with Gasteiger partial charge < -0.3 is 9.47 Å². The maximum atomic E-state index is 8.82. The summed E-state index contributed by atoms with van der Waals surface area (Å²) in [5, 5.41) is 17.6. The lowest BCUT2D eigenvalue weighted by atomic mass is 9.70. The van der Waals surface area contributed by atoms with Crippen molar-refractivity contribution in [1.82, 2.24) is 0 Å². The molecule has 0 atom stereocenters. The van der Waals surface area contributed by atoms with Crippen LogP contribution >= 0.6 is 0 Å². The molecule has 120 valence electrons. The van der Waals surface area contributed by atoms with Gasteiger partial charge in [-0.1, -0.05) is 6.42 Å². The summed E-state index contributed by atoms with van der Waals surface area (Å²) in [7, 11) is 0. The topological polar surface area (TPSA) is 66.0 Å². The number of hydrogen-bond donors (Lipinski definition) is 0. The van der Waals surface area contributed by atoms with Gasteiger partial charge in [-0.2, -0.15) is 10.5 Å². The molecule has 0 saturated heterocycles. The second-order valence-corrected chi connectivity index (χ2v) is 6.20. The Kier molecular flexibility index (Phi) is 4.68. The summed E-state index contributed by atoms with van der Waals surface area (Å²) in [4.78, 5) is 0. The van der Waals surface area contributed by atoms with Gasteiger partial charge in [0.15, 0.2) is 0 Å². The summed E-state index contributed by atoms with van der Waals surface area (Å²) in [6, 6.07) is 18.5. The number of benzene rings is 2. The van der Waals surface area contributed by atoms with E-state index in [1.54, 1.807) is 24.3 Å². The molecule has 0 aliphatic heterocycles. The van der Waals surface area contributed by atoms with Crippen LogP contribution < -0.4 is 9.47 Å². The molecule has 1 aliphatic rings. The number of rotatable bonds is 6. The van der Waals surface area contributed by atoms with Crippen molar-refractivity contribution in [2.45, 2.75) is 19.3 Å². The van der Waals surface area contributed by atoms with Crippen LogP contribution in [0.5, 0.6) is 11.5 Å². The summed E-state index contributed by atoms with van der Waals surface area (Å²) in [6.07, 6.45) is 3.35. The van der Waals surface area contributed by atoms with Gasteiger partial charge in [0.05, 0.1) is 36.5 Å². The normalized spacial score (nSPS) is 14.8. The van der Waals surface area contributed by atoms with Crippen LogP contribution in [0.15, 0.2) is 48.5 Å². The molecule has 4 heteroatoms. The first-order chi connectivity index (χ1) is 11.7. The molecular formula is C20H18N2O2. The lowest BCUT2D eigenvalue weighted by Gasteiger charge is -2.41. The number of nitriles is 2. The average Bonchev–Trinajstić information content (AvgIpc) is 2.61. The van der Waals surface area contributed by atoms with E-state index in [0.29, 0.717) is 24.3 Å². The van der Waals surface area contributed by atoms with Crippen LogP contribution in [-0.2, 0) is 0 Å². The van der Waals surface area contributed by atoms with E-state index in [0.717, 1.165) is 24.3 Å². The highest BCUT2D eigenvalue weighted by Crippen LogP contribution is 2.41. The fraction of sp³-hybridized carbons (Fsp3) is 0.300. The number of nitrogens with zero attached hydrogens (tertiary/aromatic N) is 2. The third kappa shape index (κ3) is 3.67. The summed E-state index contributed by atoms with van der Waals surface area (Å²) in [5.74, 6) is 1.55. The third-order valence-electron chi connectivity index (χ3n) is 4.47. The van der Waals surface area contributed by atoms with Gasteiger partial charge in [0.25, 0.3) is 0 Å². The van der Waals surface area contributed by atoms with Gasteiger partial charge in [-0.3, -0.25) is 0 Å². The largest absolute Gasteiger partial charge is 0.493 e. The highest BCUT2D eigenvalue weighted by molar-refractivity contribution is 5.35. The van der Waals surface area contributed by atoms with Crippen molar-refractivity contribution in [1.29, 1.82) is 10.5 Å². The van der Waals surface area contributed by atoms with Crippen LogP contribution in [0.1, 0.15) is 30.4 Å². The monoisotopic (exact) mass is 318 g/mol. The summed E-state index contributed by atoms with van der Waals surface area (Å²) in [6.45, 7) is 1.21. The molecule has 1 fully saturated rings. The minimum Gasteiger partial charge on any atom is -0.493 e. The molecule has 0 amide bonds. The molecular weight excluding hydrogens is 300 g/mol. The fourth-order valence-corrected chi connectivity index (χ4v) is 2.73. The molecule has 2 aromatic carbocycles. The Morgan fingerprint density at radius 3 is 1.46 bits per heavy atom. The Labute approximate surface area is 141 Å². The standard InChI is InChI=1S/C20H18N2O2/c21-12-16-2-6-18(7-3-16)23-14-20(10-1-11-20)15-24-19-8-4-17(13-22)5-9-19/h2-9H,1,10-11,14-15H2. The highest BCUT2D eigenvalue weighted by Gasteiger charge is 2.39. The maximum Gasteiger partial charge on any atom is 0.119 e. The van der Waals surface area contributed by atoms with E-state index in [1.165, 1.54) is 6.42 Å². The molecule has 0 spiro atoms. The number of ether oxygens (including phenoxy) is 2. The van der Waals surface area contributed by atoms with Gasteiger partial charge in [0, 0.05) is 5.41 Å². The van der Waals surface area contributed by atoms with Crippen molar-refractivity contribution < 1.29 is 9.47 Å². The molecule has 0 aromatic heterocycles. The van der Waals surface area contributed by atoms with E-state index in [-0.39, 0.29) is 5.41 Å². The Morgan fingerprint density at radius 2 is 1.17 bits per heavy atom. The van der Waals surface area contributed by atoms with Gasteiger partial charge in [-0.15, -0.1) is 0 Å². The van der Waals surface area contributed by atoms with Gasteiger partial charge in [-0.05, 0) is 61.4 Å². The van der Waals surface area contributed by atoms with E-state index in [2.05, 4.69) is 12.1 Å². The first kappa shape index (κ1) is 15.9. The number of hydrogen-bond acceptors (Lipinski definition) is 4. The minimum absolute atomic E-state index is 0.0435.